The number of nitrogens with one attached hydrogen (secondary N) is 1. The molecule has 5 rings (SSSR count). The number of amides is 2. The number of carbonyl (C=O) groups excluding carboxylic acids is 2. The summed E-state index contributed by atoms with van der Waals surface area (Å²) in [6.07, 6.45) is 5.11. The lowest BCUT2D eigenvalue weighted by Gasteiger charge is -2.29. The molecular formula is C31H28Cl2FN5O3S. The Morgan fingerprint density at radius 3 is 2.53 bits per heavy atom. The first-order chi connectivity index (χ1) is 20.7. The zero-order valence-electron chi connectivity index (χ0n) is 23.2. The van der Waals surface area contributed by atoms with Crippen molar-refractivity contribution in [3.63, 3.8) is 0 Å². The van der Waals surface area contributed by atoms with Gasteiger partial charge in [0.2, 0.25) is 5.91 Å². The van der Waals surface area contributed by atoms with E-state index in [0.29, 0.717) is 46.0 Å². The maximum atomic E-state index is 13.9. The van der Waals surface area contributed by atoms with E-state index in [1.54, 1.807) is 76.6 Å². The molecule has 222 valence electrons. The van der Waals surface area contributed by atoms with Crippen LogP contribution in [0.5, 0.6) is 5.75 Å². The van der Waals surface area contributed by atoms with Crippen molar-refractivity contribution < 1.29 is 18.7 Å². The second kappa shape index (κ2) is 13.5. The number of nitrogens with zero attached hydrogens (tertiary/aromatic N) is 4. The van der Waals surface area contributed by atoms with E-state index in [2.05, 4.69) is 17.3 Å². The minimum Gasteiger partial charge on any atom is -0.494 e. The minimum atomic E-state index is -0.945. The monoisotopic (exact) mass is 639 g/mol. The zero-order valence-corrected chi connectivity index (χ0v) is 25.5. The van der Waals surface area contributed by atoms with Gasteiger partial charge in [0.05, 0.1) is 47.2 Å². The zero-order chi connectivity index (χ0) is 30.5. The number of unbranched alkanes of at least 4 members (excludes halogenated alkanes) is 1. The highest BCUT2D eigenvalue weighted by atomic mass is 35.5. The van der Waals surface area contributed by atoms with Crippen molar-refractivity contribution in [3.8, 4) is 5.75 Å². The summed E-state index contributed by atoms with van der Waals surface area (Å²) in [6.45, 7) is 3.03. The summed E-state index contributed by atoms with van der Waals surface area (Å²) in [7, 11) is 0. The summed E-state index contributed by atoms with van der Waals surface area (Å²) in [5.41, 5.74) is 2.32. The van der Waals surface area contributed by atoms with Crippen molar-refractivity contribution >= 4 is 69.4 Å². The van der Waals surface area contributed by atoms with Gasteiger partial charge >= 0.3 is 0 Å². The van der Waals surface area contributed by atoms with Gasteiger partial charge in [0.25, 0.3) is 5.91 Å². The molecule has 1 atom stereocenters. The molecule has 43 heavy (non-hydrogen) atoms. The number of carbonyl (C=O) groups is 2. The minimum absolute atomic E-state index is 0.111. The summed E-state index contributed by atoms with van der Waals surface area (Å²) in [5, 5.41) is 8.41. The quantitative estimate of drug-likeness (QED) is 0.113. The van der Waals surface area contributed by atoms with E-state index in [1.807, 2.05) is 0 Å². The maximum Gasteiger partial charge on any atom is 0.257 e. The molecule has 12 heteroatoms. The van der Waals surface area contributed by atoms with E-state index in [0.717, 1.165) is 23.3 Å². The lowest BCUT2D eigenvalue weighted by Crippen LogP contribution is -2.47. The van der Waals surface area contributed by atoms with Crippen LogP contribution in [-0.4, -0.2) is 39.4 Å². The molecule has 1 aliphatic heterocycles. The fourth-order valence-corrected chi connectivity index (χ4v) is 5.30. The van der Waals surface area contributed by atoms with Crippen LogP contribution in [0.2, 0.25) is 10.0 Å². The van der Waals surface area contributed by atoms with Crippen LogP contribution in [0, 0.1) is 5.82 Å². The molecule has 0 radical (unpaired) electrons. The molecule has 0 aliphatic carbocycles. The number of imide groups is 1. The van der Waals surface area contributed by atoms with Crippen LogP contribution in [0.4, 0.5) is 21.5 Å². The van der Waals surface area contributed by atoms with Gasteiger partial charge in [-0.3, -0.25) is 14.3 Å². The third-order valence-corrected chi connectivity index (χ3v) is 7.88. The Kier molecular flexibility index (Phi) is 9.59. The van der Waals surface area contributed by atoms with E-state index in [1.165, 1.54) is 12.1 Å². The topological polar surface area (TPSA) is 79.7 Å². The first kappa shape index (κ1) is 30.5. The van der Waals surface area contributed by atoms with Crippen LogP contribution in [0.25, 0.3) is 0 Å². The number of aromatic nitrogens is 2. The van der Waals surface area contributed by atoms with Crippen molar-refractivity contribution in [2.75, 3.05) is 21.7 Å². The highest BCUT2D eigenvalue weighted by molar-refractivity contribution is 7.80. The molecule has 1 saturated heterocycles. The van der Waals surface area contributed by atoms with Crippen molar-refractivity contribution in [1.82, 2.24) is 9.78 Å². The molecule has 2 amide bonds. The second-order valence-electron chi connectivity index (χ2n) is 9.93. The maximum absolute atomic E-state index is 13.9. The molecular weight excluding hydrogens is 612 g/mol. The first-order valence-corrected chi connectivity index (χ1v) is 14.8. The van der Waals surface area contributed by atoms with Crippen molar-refractivity contribution in [2.24, 2.45) is 0 Å². The fourth-order valence-electron chi connectivity index (χ4n) is 4.65. The molecule has 1 aromatic heterocycles. The third kappa shape index (κ3) is 7.15. The summed E-state index contributed by atoms with van der Waals surface area (Å²) < 4.78 is 20.8. The molecule has 0 saturated carbocycles. The molecule has 8 nitrogen and oxygen atoms in total. The Morgan fingerprint density at radius 1 is 1.09 bits per heavy atom. The molecule has 0 spiro atoms. The van der Waals surface area contributed by atoms with Crippen LogP contribution < -0.4 is 19.9 Å². The molecule has 1 aliphatic rings. The fraction of sp³-hybridized carbons (Fsp3) is 0.226. The van der Waals surface area contributed by atoms with Gasteiger partial charge in [-0.25, -0.2) is 9.29 Å². The van der Waals surface area contributed by atoms with E-state index in [4.69, 9.17) is 40.2 Å². The average Bonchev–Trinajstić information content (AvgIpc) is 3.56. The Balaban J connectivity index is 1.42. The predicted molar refractivity (Wildman–Crippen MR) is 171 cm³/mol. The normalized spacial score (nSPS) is 14.7. The number of anilines is 3. The van der Waals surface area contributed by atoms with Crippen LogP contribution in [0.1, 0.15) is 31.7 Å². The van der Waals surface area contributed by atoms with Crippen molar-refractivity contribution in [1.29, 1.82) is 0 Å². The lowest BCUT2D eigenvalue weighted by atomic mass is 10.2. The average molecular weight is 641 g/mol. The number of hydrogen-bond donors (Lipinski definition) is 1. The van der Waals surface area contributed by atoms with E-state index >= 15 is 0 Å². The largest absolute Gasteiger partial charge is 0.494 e. The highest BCUT2D eigenvalue weighted by Crippen LogP contribution is 2.31. The lowest BCUT2D eigenvalue weighted by molar-refractivity contribution is -0.121. The standard InChI is InChI=1S/C31H28Cl2FN5O3S/c1-2-3-14-42-25-11-9-23(10-12-25)39-29(40)16-28(30(39)41)38(31(43)36-22-8-13-26(32)27(33)15-22)24-17-35-37(19-24)18-20-4-6-21(34)7-5-20/h4-13,15,17,19,28H,2-3,14,16,18H2,1H3,(H,36,43)/t28-/m0/s1. The van der Waals surface area contributed by atoms with Crippen molar-refractivity contribution in [2.45, 2.75) is 38.8 Å². The number of benzene rings is 3. The molecule has 0 unspecified atom stereocenters. The molecule has 2 heterocycles. The van der Waals surface area contributed by atoms with Gasteiger partial charge < -0.3 is 15.0 Å². The smallest absolute Gasteiger partial charge is 0.257 e. The van der Waals surface area contributed by atoms with Crippen LogP contribution >= 0.6 is 35.4 Å². The number of ether oxygens (including phenoxy) is 1. The molecule has 1 fully saturated rings. The number of thiocarbonyl (C=S) groups is 1. The SMILES string of the molecule is CCCCOc1ccc(N2C(=O)C[C@H](N(C(=S)Nc3ccc(Cl)c(Cl)c3)c3cnn(Cc4ccc(F)cc4)c3)C2=O)cc1. The number of halogens is 3. The number of rotatable bonds is 10. The first-order valence-electron chi connectivity index (χ1n) is 13.7. The van der Waals surface area contributed by atoms with E-state index in [9.17, 15) is 14.0 Å². The summed E-state index contributed by atoms with van der Waals surface area (Å²) in [4.78, 5) is 29.9. The van der Waals surface area contributed by atoms with Gasteiger partial charge in [0.1, 0.15) is 17.6 Å². The van der Waals surface area contributed by atoms with Gasteiger partial charge in [0.15, 0.2) is 5.11 Å². The van der Waals surface area contributed by atoms with Gasteiger partial charge in [-0.1, -0.05) is 48.7 Å². The number of hydrogen-bond acceptors (Lipinski definition) is 5. The predicted octanol–water partition coefficient (Wildman–Crippen LogP) is 7.09. The summed E-state index contributed by atoms with van der Waals surface area (Å²) in [6, 6.07) is 17.0. The van der Waals surface area contributed by atoms with Crippen LogP contribution in [0.3, 0.4) is 0 Å². The van der Waals surface area contributed by atoms with E-state index in [-0.39, 0.29) is 23.3 Å². The van der Waals surface area contributed by atoms with Crippen molar-refractivity contribution in [3.05, 3.63) is 101 Å². The van der Waals surface area contributed by atoms with Crippen LogP contribution in [0.15, 0.2) is 79.1 Å². The van der Waals surface area contributed by atoms with Gasteiger partial charge in [-0.2, -0.15) is 5.10 Å². The Morgan fingerprint density at radius 2 is 1.84 bits per heavy atom. The summed E-state index contributed by atoms with van der Waals surface area (Å²) >= 11 is 18.1. The highest BCUT2D eigenvalue weighted by Gasteiger charge is 2.44. The van der Waals surface area contributed by atoms with E-state index < -0.39 is 11.9 Å². The molecule has 3 aromatic carbocycles. The Bertz CT molecular complexity index is 1630. The Labute approximate surface area is 263 Å². The van der Waals surface area contributed by atoms with Gasteiger partial charge in [-0.15, -0.1) is 0 Å². The van der Waals surface area contributed by atoms with Gasteiger partial charge in [-0.05, 0) is 78.8 Å². The summed E-state index contributed by atoms with van der Waals surface area (Å²) in [5.74, 6) is -0.470. The van der Waals surface area contributed by atoms with Gasteiger partial charge in [0, 0.05) is 11.9 Å². The molecule has 1 N–H and O–H groups in total. The molecule has 0 bridgehead atoms. The Hall–Kier alpha value is -3.99. The molecule has 4 aromatic rings. The third-order valence-electron chi connectivity index (χ3n) is 6.84. The second-order valence-corrected chi connectivity index (χ2v) is 11.1. The van der Waals surface area contributed by atoms with Crippen LogP contribution in [-0.2, 0) is 16.1 Å².